The molecule has 1 N–H and O–H groups in total. The molecule has 0 radical (unpaired) electrons. The fraction of sp³-hybridized carbons (Fsp3) is 0.707. The lowest BCUT2D eigenvalue weighted by Gasteiger charge is -2.25. The van der Waals surface area contributed by atoms with Crippen molar-refractivity contribution in [2.75, 3.05) is 26.4 Å². The zero-order valence-corrected chi connectivity index (χ0v) is 32.8. The smallest absolute Gasteiger partial charge is 0.455 e. The van der Waals surface area contributed by atoms with Gasteiger partial charge in [0, 0.05) is 41.4 Å². The molecule has 0 unspecified atom stereocenters. The lowest BCUT2D eigenvalue weighted by Crippen LogP contribution is -2.39. The number of hydroxylamine groups is 1. The van der Waals surface area contributed by atoms with Crippen molar-refractivity contribution in [1.82, 2.24) is 5.48 Å². The standard InChI is InChI=1S/C41H57NO13/c1-24-29-14-12-26(10-8-18-40(6)33(53-40)31(29)51-35(24)43)22-49-37(45)47-20-16-28(55-42-39(3,4)5)17-21-48-38(46)50-23-27-11-9-19-41(7)34(54-41)32-30(15-13-27)25(2)36(44)52-32/h10-11,28-34,42H,1-2,8-9,12-23H2,3-7H3/b26-10+,27-11+/t29-,30-,31-,32-,33-,34-,40+,41+/m0/s1. The number of epoxide rings is 2. The van der Waals surface area contributed by atoms with Crippen LogP contribution in [0.1, 0.15) is 98.8 Å². The van der Waals surface area contributed by atoms with Gasteiger partial charge in [0.2, 0.25) is 0 Å². The highest BCUT2D eigenvalue weighted by atomic mass is 16.7. The molecule has 4 aliphatic heterocycles. The fourth-order valence-electron chi connectivity index (χ4n) is 7.96. The van der Waals surface area contributed by atoms with Crippen molar-refractivity contribution < 1.29 is 61.9 Å². The molecule has 0 saturated carbocycles. The minimum absolute atomic E-state index is 0.0167. The van der Waals surface area contributed by atoms with E-state index in [9.17, 15) is 19.2 Å². The van der Waals surface area contributed by atoms with E-state index in [4.69, 9.17) is 42.7 Å². The first-order valence-corrected chi connectivity index (χ1v) is 19.6. The molecule has 0 spiro atoms. The second-order valence-corrected chi connectivity index (χ2v) is 17.0. The van der Waals surface area contributed by atoms with Crippen molar-refractivity contribution in [1.29, 1.82) is 0 Å². The highest BCUT2D eigenvalue weighted by molar-refractivity contribution is 5.91. The van der Waals surface area contributed by atoms with Crippen molar-refractivity contribution in [2.45, 2.75) is 146 Å². The van der Waals surface area contributed by atoms with Gasteiger partial charge < -0.3 is 37.9 Å². The highest BCUT2D eigenvalue weighted by Gasteiger charge is 2.62. The van der Waals surface area contributed by atoms with Crippen LogP contribution in [0, 0.1) is 11.8 Å². The van der Waals surface area contributed by atoms with Gasteiger partial charge in [-0.2, -0.15) is 5.48 Å². The summed E-state index contributed by atoms with van der Waals surface area (Å²) >= 11 is 0. The number of carbonyl (C=O) groups is 4. The Hall–Kier alpha value is -3.72. The van der Waals surface area contributed by atoms with Crippen LogP contribution in [-0.4, -0.2) is 97.9 Å². The van der Waals surface area contributed by atoms with E-state index in [0.29, 0.717) is 49.7 Å². The number of ether oxygens (including phenoxy) is 8. The van der Waals surface area contributed by atoms with Crippen LogP contribution < -0.4 is 5.48 Å². The molecule has 4 heterocycles. The summed E-state index contributed by atoms with van der Waals surface area (Å²) < 4.78 is 44.9. The van der Waals surface area contributed by atoms with Gasteiger partial charge in [0.1, 0.15) is 37.6 Å². The highest BCUT2D eigenvalue weighted by Crippen LogP contribution is 2.51. The van der Waals surface area contributed by atoms with Gasteiger partial charge in [0.05, 0.1) is 30.5 Å². The summed E-state index contributed by atoms with van der Waals surface area (Å²) in [6, 6.07) is 0. The van der Waals surface area contributed by atoms with E-state index < -0.39 is 18.4 Å². The van der Waals surface area contributed by atoms with Crippen molar-refractivity contribution in [3.05, 3.63) is 47.6 Å². The van der Waals surface area contributed by atoms with Gasteiger partial charge in [-0.15, -0.1) is 0 Å². The Morgan fingerprint density at radius 2 is 1.22 bits per heavy atom. The van der Waals surface area contributed by atoms with Crippen molar-refractivity contribution in [3.63, 3.8) is 0 Å². The molecule has 0 bridgehead atoms. The molecule has 0 aromatic heterocycles. The van der Waals surface area contributed by atoms with Gasteiger partial charge in [-0.1, -0.05) is 25.3 Å². The first-order chi connectivity index (χ1) is 26.0. The van der Waals surface area contributed by atoms with Crippen LogP contribution in [0.4, 0.5) is 9.59 Å². The number of rotatable bonds is 12. The van der Waals surface area contributed by atoms with Crippen LogP contribution in [0.25, 0.3) is 0 Å². The van der Waals surface area contributed by atoms with Crippen LogP contribution in [0.2, 0.25) is 0 Å². The molecule has 4 saturated heterocycles. The molecule has 4 fully saturated rings. The largest absolute Gasteiger partial charge is 0.508 e. The van der Waals surface area contributed by atoms with Crippen molar-refractivity contribution in [3.8, 4) is 0 Å². The molecule has 2 aliphatic carbocycles. The zero-order valence-electron chi connectivity index (χ0n) is 32.8. The summed E-state index contributed by atoms with van der Waals surface area (Å²) in [5.74, 6) is -1.04. The molecule has 14 heteroatoms. The third-order valence-corrected chi connectivity index (χ3v) is 11.5. The lowest BCUT2D eigenvalue weighted by atomic mass is 9.84. The Kier molecular flexibility index (Phi) is 12.5. The van der Waals surface area contributed by atoms with Gasteiger partial charge >= 0.3 is 24.2 Å². The van der Waals surface area contributed by atoms with E-state index in [1.54, 1.807) is 0 Å². The number of fused-ring (bicyclic) bond motifs is 6. The summed E-state index contributed by atoms with van der Waals surface area (Å²) in [6.45, 7) is 18.0. The van der Waals surface area contributed by atoms with E-state index in [1.807, 2.05) is 34.6 Å². The van der Waals surface area contributed by atoms with E-state index in [2.05, 4.69) is 30.8 Å². The van der Waals surface area contributed by atoms with Crippen LogP contribution in [0.5, 0.6) is 0 Å². The molecule has 6 rings (SSSR count). The number of esters is 2. The molecule has 304 valence electrons. The Morgan fingerprint density at radius 3 is 1.64 bits per heavy atom. The van der Waals surface area contributed by atoms with Gasteiger partial charge in [0.15, 0.2) is 0 Å². The van der Waals surface area contributed by atoms with E-state index >= 15 is 0 Å². The third-order valence-electron chi connectivity index (χ3n) is 11.5. The quantitative estimate of drug-likeness (QED) is 0.0588. The Balaban J connectivity index is 0.917. The first-order valence-electron chi connectivity index (χ1n) is 19.6. The molecule has 14 nitrogen and oxygen atoms in total. The van der Waals surface area contributed by atoms with Crippen LogP contribution in [0.3, 0.4) is 0 Å². The maximum absolute atomic E-state index is 12.6. The predicted molar refractivity (Wildman–Crippen MR) is 196 cm³/mol. The summed E-state index contributed by atoms with van der Waals surface area (Å²) in [4.78, 5) is 55.6. The summed E-state index contributed by atoms with van der Waals surface area (Å²) in [5.41, 5.74) is 4.72. The normalized spacial score (nSPS) is 35.4. The summed E-state index contributed by atoms with van der Waals surface area (Å²) in [5, 5.41) is 0. The minimum atomic E-state index is -0.806. The molecule has 0 aromatic rings. The van der Waals surface area contributed by atoms with Gasteiger partial charge in [-0.3, -0.25) is 4.84 Å². The molecule has 0 amide bonds. The molecule has 8 atom stereocenters. The van der Waals surface area contributed by atoms with Crippen molar-refractivity contribution in [2.24, 2.45) is 11.8 Å². The van der Waals surface area contributed by atoms with Crippen LogP contribution >= 0.6 is 0 Å². The Morgan fingerprint density at radius 1 is 0.782 bits per heavy atom. The second-order valence-electron chi connectivity index (χ2n) is 17.0. The summed E-state index contributed by atoms with van der Waals surface area (Å²) in [6.07, 6.45) is 7.28. The molecule has 55 heavy (non-hydrogen) atoms. The molecule has 6 aliphatic rings. The van der Waals surface area contributed by atoms with Crippen molar-refractivity contribution >= 4 is 24.2 Å². The second kappa shape index (κ2) is 16.8. The van der Waals surface area contributed by atoms with E-state index in [1.165, 1.54) is 0 Å². The summed E-state index contributed by atoms with van der Waals surface area (Å²) in [7, 11) is 0. The SMILES string of the molecule is C=C1C(=O)O[C@H]2[C@H]1CC/C(COC(=O)OCCC(CCOC(=O)OC/C1=C/CC[C@@]3(C)O[C@H]3[C@H]3OC(=O)C(=C)[C@@H]3CC1)ONC(C)(C)C)=C\CC[C@@]1(C)O[C@@H]21. The van der Waals surface area contributed by atoms with Crippen LogP contribution in [0.15, 0.2) is 47.6 Å². The number of hydrogen-bond acceptors (Lipinski definition) is 14. The van der Waals surface area contributed by atoms with Gasteiger partial charge in [-0.05, 0) is 97.1 Å². The topological polar surface area (TPSA) is 170 Å². The minimum Gasteiger partial charge on any atom is -0.455 e. The predicted octanol–water partition coefficient (Wildman–Crippen LogP) is 6.27. The Labute approximate surface area is 323 Å². The van der Waals surface area contributed by atoms with Gasteiger partial charge in [0.25, 0.3) is 0 Å². The van der Waals surface area contributed by atoms with E-state index in [-0.39, 0.29) is 91.4 Å². The maximum Gasteiger partial charge on any atom is 0.508 e. The van der Waals surface area contributed by atoms with Gasteiger partial charge in [-0.25, -0.2) is 19.2 Å². The average Bonchev–Trinajstić information content (AvgIpc) is 3.94. The molecular formula is C41H57NO13. The fourth-order valence-corrected chi connectivity index (χ4v) is 7.96. The molecule has 0 aromatic carbocycles. The average molecular weight is 772 g/mol. The molecular weight excluding hydrogens is 714 g/mol. The number of nitrogens with one attached hydrogen (secondary N) is 1. The first kappa shape index (κ1) is 40.9. The van der Waals surface area contributed by atoms with E-state index in [0.717, 1.165) is 36.8 Å². The zero-order chi connectivity index (χ0) is 39.5. The van der Waals surface area contributed by atoms with Crippen LogP contribution in [-0.2, 0) is 52.3 Å². The third kappa shape index (κ3) is 10.4. The number of hydrogen-bond donors (Lipinski definition) is 1. The maximum atomic E-state index is 12.6. The number of allylic oxidation sites excluding steroid dienone is 2. The monoisotopic (exact) mass is 771 g/mol. The lowest BCUT2D eigenvalue weighted by molar-refractivity contribution is -0.140. The number of carbonyl (C=O) groups excluding carboxylic acids is 4. The Bertz CT molecular complexity index is 1470.